The van der Waals surface area contributed by atoms with Crippen LogP contribution in [-0.2, 0) is 0 Å². The number of hydrogen-bond donors (Lipinski definition) is 3. The van der Waals surface area contributed by atoms with Crippen molar-refractivity contribution < 1.29 is 9.84 Å². The van der Waals surface area contributed by atoms with E-state index in [1.54, 1.807) is 24.3 Å². The maximum Gasteiger partial charge on any atom is 0.326 e. The number of rotatable bonds is 3. The van der Waals surface area contributed by atoms with Crippen molar-refractivity contribution in [2.75, 3.05) is 0 Å². The number of ether oxygens (including phenoxy) is 1. The molecule has 0 saturated carbocycles. The molecule has 1 aromatic heterocycles. The molecule has 5 nitrogen and oxygen atoms in total. The van der Waals surface area contributed by atoms with Gasteiger partial charge < -0.3 is 14.8 Å². The van der Waals surface area contributed by atoms with Crippen molar-refractivity contribution >= 4 is 0 Å². The fourth-order valence-electron chi connectivity index (χ4n) is 1.92. The van der Waals surface area contributed by atoms with Crippen molar-refractivity contribution in [1.29, 1.82) is 0 Å². The molecule has 0 fully saturated rings. The van der Waals surface area contributed by atoms with Crippen LogP contribution >= 0.6 is 0 Å². The van der Waals surface area contributed by atoms with Crippen LogP contribution in [0.1, 0.15) is 0 Å². The number of aromatic hydroxyl groups is 1. The van der Waals surface area contributed by atoms with Crippen LogP contribution in [-0.4, -0.2) is 15.1 Å². The first-order valence-electron chi connectivity index (χ1n) is 6.07. The molecule has 3 rings (SSSR count). The second-order valence-corrected chi connectivity index (χ2v) is 4.25. The van der Waals surface area contributed by atoms with E-state index in [-0.39, 0.29) is 5.88 Å². The maximum atomic E-state index is 11.2. The number of H-pyrrole nitrogens is 2. The van der Waals surface area contributed by atoms with E-state index >= 15 is 0 Å². The van der Waals surface area contributed by atoms with E-state index in [9.17, 15) is 9.90 Å². The quantitative estimate of drug-likeness (QED) is 0.683. The summed E-state index contributed by atoms with van der Waals surface area (Å²) in [7, 11) is 0. The molecule has 3 aromatic rings. The molecule has 0 saturated heterocycles. The van der Waals surface area contributed by atoms with Gasteiger partial charge in [0.25, 0.3) is 0 Å². The van der Waals surface area contributed by atoms with Crippen LogP contribution in [0.15, 0.2) is 59.4 Å². The SMILES string of the molecule is O=c1[nH]c(O)c(-c2cccc(Oc3ccccc3)c2)[nH]1. The Bertz CT molecular complexity index is 775. The Kier molecular flexibility index (Phi) is 3.01. The van der Waals surface area contributed by atoms with Gasteiger partial charge in [0.05, 0.1) is 0 Å². The molecule has 3 N–H and O–H groups in total. The van der Waals surface area contributed by atoms with Crippen molar-refractivity contribution in [2.45, 2.75) is 0 Å². The van der Waals surface area contributed by atoms with Crippen molar-refractivity contribution in [3.05, 3.63) is 65.1 Å². The zero-order chi connectivity index (χ0) is 13.9. The van der Waals surface area contributed by atoms with Crippen LogP contribution < -0.4 is 10.4 Å². The minimum Gasteiger partial charge on any atom is -0.493 e. The van der Waals surface area contributed by atoms with Gasteiger partial charge in [0.1, 0.15) is 17.2 Å². The zero-order valence-electron chi connectivity index (χ0n) is 10.5. The smallest absolute Gasteiger partial charge is 0.326 e. The maximum absolute atomic E-state index is 11.2. The summed E-state index contributed by atoms with van der Waals surface area (Å²) in [5, 5.41) is 9.64. The predicted octanol–water partition coefficient (Wildman–Crippen LogP) is 2.87. The first-order chi connectivity index (χ1) is 9.72. The van der Waals surface area contributed by atoms with Crippen LogP contribution in [0.5, 0.6) is 17.4 Å². The van der Waals surface area contributed by atoms with E-state index in [0.717, 1.165) is 5.75 Å². The summed E-state index contributed by atoms with van der Waals surface area (Å²) in [6.07, 6.45) is 0. The second kappa shape index (κ2) is 4.97. The Hall–Kier alpha value is -2.95. The summed E-state index contributed by atoms with van der Waals surface area (Å²) in [4.78, 5) is 16.0. The first kappa shape index (κ1) is 12.1. The number of nitrogens with one attached hydrogen (secondary N) is 2. The minimum absolute atomic E-state index is 0.188. The van der Waals surface area contributed by atoms with Gasteiger partial charge in [0.15, 0.2) is 0 Å². The number of imidazole rings is 1. The average molecular weight is 268 g/mol. The fraction of sp³-hybridized carbons (Fsp3) is 0. The standard InChI is InChI=1S/C15H12N2O3/c18-14-13(16-15(19)17-14)10-5-4-8-12(9-10)20-11-6-2-1-3-7-11/h1-9,18H,(H2,16,17,19). The summed E-state index contributed by atoms with van der Waals surface area (Å²) in [6, 6.07) is 16.5. The number of para-hydroxylation sites is 1. The van der Waals surface area contributed by atoms with Crippen LogP contribution in [0.4, 0.5) is 0 Å². The van der Waals surface area contributed by atoms with Gasteiger partial charge in [-0.1, -0.05) is 30.3 Å². The van der Waals surface area contributed by atoms with Crippen molar-refractivity contribution in [3.63, 3.8) is 0 Å². The van der Waals surface area contributed by atoms with Gasteiger partial charge in [0, 0.05) is 5.56 Å². The molecule has 5 heteroatoms. The van der Waals surface area contributed by atoms with E-state index in [1.165, 1.54) is 0 Å². The van der Waals surface area contributed by atoms with Gasteiger partial charge in [-0.25, -0.2) is 4.79 Å². The Morgan fingerprint density at radius 1 is 0.900 bits per heavy atom. The summed E-state index contributed by atoms with van der Waals surface area (Å²) in [5.74, 6) is 1.15. The molecule has 0 amide bonds. The lowest BCUT2D eigenvalue weighted by molar-refractivity contribution is 0.457. The van der Waals surface area contributed by atoms with Gasteiger partial charge in [0.2, 0.25) is 5.88 Å². The summed E-state index contributed by atoms with van der Waals surface area (Å²) >= 11 is 0. The number of hydrogen-bond acceptors (Lipinski definition) is 3. The van der Waals surface area contributed by atoms with E-state index < -0.39 is 5.69 Å². The molecule has 0 aliphatic carbocycles. The third-order valence-corrected chi connectivity index (χ3v) is 2.81. The van der Waals surface area contributed by atoms with Gasteiger partial charge in [-0.15, -0.1) is 0 Å². The molecule has 0 aliphatic rings. The normalized spacial score (nSPS) is 10.4. The highest BCUT2D eigenvalue weighted by Crippen LogP contribution is 2.29. The predicted molar refractivity (Wildman–Crippen MR) is 75.0 cm³/mol. The lowest BCUT2D eigenvalue weighted by atomic mass is 10.1. The summed E-state index contributed by atoms with van der Waals surface area (Å²) in [6.45, 7) is 0. The molecule has 0 spiro atoms. The highest BCUT2D eigenvalue weighted by molar-refractivity contribution is 5.65. The molecule has 0 atom stereocenters. The van der Waals surface area contributed by atoms with E-state index in [1.807, 2.05) is 30.3 Å². The topological polar surface area (TPSA) is 78.1 Å². The number of benzene rings is 2. The summed E-state index contributed by atoms with van der Waals surface area (Å²) in [5.41, 5.74) is 0.551. The fourth-order valence-corrected chi connectivity index (χ4v) is 1.92. The molecule has 0 aliphatic heterocycles. The van der Waals surface area contributed by atoms with Crippen LogP contribution in [0, 0.1) is 0 Å². The minimum atomic E-state index is -0.452. The van der Waals surface area contributed by atoms with Crippen LogP contribution in [0.3, 0.4) is 0 Å². The summed E-state index contributed by atoms with van der Waals surface area (Å²) < 4.78 is 5.70. The molecule has 20 heavy (non-hydrogen) atoms. The Balaban J connectivity index is 1.94. The number of aromatic nitrogens is 2. The van der Waals surface area contributed by atoms with E-state index in [4.69, 9.17) is 4.74 Å². The zero-order valence-corrected chi connectivity index (χ0v) is 10.5. The molecule has 0 unspecified atom stereocenters. The molecular formula is C15H12N2O3. The molecular weight excluding hydrogens is 256 g/mol. The molecule has 100 valence electrons. The number of aromatic amines is 2. The van der Waals surface area contributed by atoms with Gasteiger partial charge in [-0.05, 0) is 24.3 Å². The van der Waals surface area contributed by atoms with Crippen LogP contribution in [0.25, 0.3) is 11.3 Å². The molecule has 1 heterocycles. The Morgan fingerprint density at radius 2 is 1.65 bits per heavy atom. The largest absolute Gasteiger partial charge is 0.493 e. The van der Waals surface area contributed by atoms with Crippen molar-refractivity contribution in [1.82, 2.24) is 9.97 Å². The molecule has 0 radical (unpaired) electrons. The first-order valence-corrected chi connectivity index (χ1v) is 6.07. The third kappa shape index (κ3) is 2.42. The Morgan fingerprint density at radius 3 is 2.35 bits per heavy atom. The molecule has 2 aromatic carbocycles. The van der Waals surface area contributed by atoms with E-state index in [0.29, 0.717) is 17.0 Å². The van der Waals surface area contributed by atoms with E-state index in [2.05, 4.69) is 9.97 Å². The van der Waals surface area contributed by atoms with Crippen LogP contribution in [0.2, 0.25) is 0 Å². The molecule has 0 bridgehead atoms. The average Bonchev–Trinajstić information content (AvgIpc) is 2.79. The van der Waals surface area contributed by atoms with Crippen molar-refractivity contribution in [2.24, 2.45) is 0 Å². The van der Waals surface area contributed by atoms with Crippen molar-refractivity contribution in [3.8, 4) is 28.6 Å². The highest BCUT2D eigenvalue weighted by atomic mass is 16.5. The lowest BCUT2D eigenvalue weighted by Crippen LogP contribution is -2.00. The monoisotopic (exact) mass is 268 g/mol. The Labute approximate surface area is 114 Å². The lowest BCUT2D eigenvalue weighted by Gasteiger charge is -2.06. The van der Waals surface area contributed by atoms with Gasteiger partial charge >= 0.3 is 5.69 Å². The van der Waals surface area contributed by atoms with Gasteiger partial charge in [-0.3, -0.25) is 4.98 Å². The second-order valence-electron chi connectivity index (χ2n) is 4.25. The van der Waals surface area contributed by atoms with Gasteiger partial charge in [-0.2, -0.15) is 0 Å². The third-order valence-electron chi connectivity index (χ3n) is 2.81. The highest BCUT2D eigenvalue weighted by Gasteiger charge is 2.09.